The predicted molar refractivity (Wildman–Crippen MR) is 54.4 cm³/mol. The summed E-state index contributed by atoms with van der Waals surface area (Å²) in [6.07, 6.45) is 0. The molecule has 0 aliphatic carbocycles. The molecule has 0 amide bonds. The molecule has 0 saturated carbocycles. The van der Waals surface area contributed by atoms with Crippen LogP contribution in [-0.4, -0.2) is 99.5 Å². The van der Waals surface area contributed by atoms with Crippen molar-refractivity contribution in [2.45, 2.75) is 0 Å². The fourth-order valence-corrected chi connectivity index (χ4v) is 0.728. The molecule has 0 aromatic rings. The summed E-state index contributed by atoms with van der Waals surface area (Å²) >= 11 is 0. The van der Waals surface area contributed by atoms with Crippen molar-refractivity contribution >= 4 is 74.3 Å². The standard InChI is InChI=1S/B4H2O7.BH3O3.Ca.K.3H/c5-1-7-3-9-2(6)10-4(8-1)11-3;2-1(3)4;;;;;/h5-6H;2-4H;;;;;/q;;+2;+1;3*-1. The molecular weight excluding hydrogens is 293 g/mol. The molecule has 0 radical (unpaired) electrons. The van der Waals surface area contributed by atoms with E-state index in [2.05, 4.69) is 22.9 Å². The Balaban J connectivity index is -0.0000000760. The van der Waals surface area contributed by atoms with Crippen LogP contribution < -0.4 is 51.4 Å². The topological polar surface area (TPSA) is 147 Å². The molecule has 17 heavy (non-hydrogen) atoms. The van der Waals surface area contributed by atoms with Crippen molar-refractivity contribution in [1.29, 1.82) is 0 Å². The maximum Gasteiger partial charge on any atom is 2.00 e. The van der Waals surface area contributed by atoms with Crippen LogP contribution in [0.2, 0.25) is 0 Å². The third kappa shape index (κ3) is 10.2. The first-order valence-corrected chi connectivity index (χ1v) is 3.65. The van der Waals surface area contributed by atoms with Gasteiger partial charge in [0.25, 0.3) is 0 Å². The molecule has 0 aromatic carbocycles. The zero-order valence-electron chi connectivity index (χ0n) is 11.9. The number of hydrogen-bond donors (Lipinski definition) is 5. The zero-order chi connectivity index (χ0) is 11.4. The first kappa shape index (κ1) is 22.1. The fourth-order valence-electron chi connectivity index (χ4n) is 0.728. The van der Waals surface area contributed by atoms with Gasteiger partial charge >= 0.3 is 126 Å². The molecule has 0 atom stereocenters. The summed E-state index contributed by atoms with van der Waals surface area (Å²) in [5.74, 6) is 0. The van der Waals surface area contributed by atoms with Gasteiger partial charge in [-0.3, -0.25) is 0 Å². The van der Waals surface area contributed by atoms with Gasteiger partial charge in [0.05, 0.1) is 0 Å². The van der Waals surface area contributed by atoms with Crippen LogP contribution in [0.3, 0.4) is 0 Å². The Morgan fingerprint density at radius 2 is 1.00 bits per heavy atom. The largest absolute Gasteiger partial charge is 2.00 e. The Kier molecular flexibility index (Phi) is 14.9. The van der Waals surface area contributed by atoms with Crippen LogP contribution in [0, 0.1) is 0 Å². The van der Waals surface area contributed by atoms with Gasteiger partial charge in [-0.1, -0.05) is 0 Å². The Morgan fingerprint density at radius 1 is 0.765 bits per heavy atom. The molecule has 2 bridgehead atoms. The van der Waals surface area contributed by atoms with Crippen LogP contribution in [-0.2, 0) is 22.9 Å². The molecule has 2 rings (SSSR count). The monoisotopic (exact) mass is 302 g/mol. The van der Waals surface area contributed by atoms with E-state index in [0.29, 0.717) is 0 Å². The molecule has 17 heteroatoms. The molecule has 2 fully saturated rings. The fraction of sp³-hybridized carbons (Fsp3) is 0. The molecule has 5 N–H and O–H groups in total. The van der Waals surface area contributed by atoms with Gasteiger partial charge in [-0.25, -0.2) is 0 Å². The van der Waals surface area contributed by atoms with E-state index >= 15 is 0 Å². The second-order valence-corrected chi connectivity index (χ2v) is 2.22. The number of hydrogen-bond acceptors (Lipinski definition) is 10. The van der Waals surface area contributed by atoms with E-state index in [4.69, 9.17) is 25.1 Å². The van der Waals surface area contributed by atoms with Crippen molar-refractivity contribution in [1.82, 2.24) is 0 Å². The second-order valence-electron chi connectivity index (χ2n) is 2.22. The van der Waals surface area contributed by atoms with Gasteiger partial charge in [0.1, 0.15) is 0 Å². The van der Waals surface area contributed by atoms with Crippen molar-refractivity contribution in [2.75, 3.05) is 0 Å². The molecule has 86 valence electrons. The van der Waals surface area contributed by atoms with E-state index in [9.17, 15) is 0 Å². The zero-order valence-corrected chi connectivity index (χ0v) is 14.2. The maximum atomic E-state index is 8.74. The number of fused-ring (bicyclic) bond motifs is 2. The smallest absolute Gasteiger partial charge is 1.00 e. The summed E-state index contributed by atoms with van der Waals surface area (Å²) in [6, 6.07) is 0. The summed E-state index contributed by atoms with van der Waals surface area (Å²) in [5, 5.41) is 39.0. The first-order chi connectivity index (χ1) is 6.97. The average Bonchev–Trinajstić information content (AvgIpc) is 1.98. The van der Waals surface area contributed by atoms with Crippen molar-refractivity contribution in [3.8, 4) is 0 Å². The van der Waals surface area contributed by atoms with Gasteiger partial charge in [-0.05, 0) is 0 Å². The van der Waals surface area contributed by atoms with Crippen molar-refractivity contribution in [2.24, 2.45) is 0 Å². The SMILES string of the molecule is OB(O)O.OB1OB2OB(O)OB(O1)O2.[Ca+2].[H-].[H-].[H-].[K+]. The molecule has 2 heterocycles. The van der Waals surface area contributed by atoms with Gasteiger partial charge in [0.2, 0.25) is 0 Å². The van der Waals surface area contributed by atoms with Crippen molar-refractivity contribution in [3.05, 3.63) is 0 Å². The quantitative estimate of drug-likeness (QED) is 0.273. The molecular formula is H8B5CaKO10. The minimum Gasteiger partial charge on any atom is -1.00 e. The minimum atomic E-state index is -2.17. The van der Waals surface area contributed by atoms with Gasteiger partial charge in [0, 0.05) is 0 Å². The summed E-state index contributed by atoms with van der Waals surface area (Å²) in [4.78, 5) is 0. The second kappa shape index (κ2) is 11.5. The Bertz CT molecular complexity index is 171. The van der Waals surface area contributed by atoms with Gasteiger partial charge < -0.3 is 52.3 Å². The van der Waals surface area contributed by atoms with Crippen molar-refractivity contribution < 1.29 is 104 Å². The van der Waals surface area contributed by atoms with E-state index < -0.39 is 36.6 Å². The maximum absolute atomic E-state index is 8.74. The van der Waals surface area contributed by atoms with Crippen LogP contribution in [0.25, 0.3) is 0 Å². The Hall–Kier alpha value is 2.82. The molecule has 0 aromatic heterocycles. The first-order valence-electron chi connectivity index (χ1n) is 3.65. The predicted octanol–water partition coefficient (Wildman–Crippen LogP) is -8.07. The third-order valence-electron chi connectivity index (χ3n) is 1.13. The van der Waals surface area contributed by atoms with E-state index in [1.54, 1.807) is 0 Å². The molecule has 0 unspecified atom stereocenters. The van der Waals surface area contributed by atoms with Gasteiger partial charge in [0.15, 0.2) is 0 Å². The van der Waals surface area contributed by atoms with Crippen LogP contribution in [0.1, 0.15) is 4.28 Å². The van der Waals surface area contributed by atoms with Crippen molar-refractivity contribution in [3.63, 3.8) is 0 Å². The van der Waals surface area contributed by atoms with E-state index in [1.807, 2.05) is 0 Å². The Morgan fingerprint density at radius 3 is 1.24 bits per heavy atom. The summed E-state index contributed by atoms with van der Waals surface area (Å²) < 4.78 is 22.6. The van der Waals surface area contributed by atoms with Gasteiger partial charge in [-0.2, -0.15) is 0 Å². The third-order valence-corrected chi connectivity index (χ3v) is 1.13. The van der Waals surface area contributed by atoms with E-state index in [0.717, 1.165) is 0 Å². The molecule has 2 saturated heterocycles. The van der Waals surface area contributed by atoms with Gasteiger partial charge in [-0.15, -0.1) is 0 Å². The number of rotatable bonds is 0. The minimum absolute atomic E-state index is 0. The van der Waals surface area contributed by atoms with Crippen LogP contribution in [0.15, 0.2) is 0 Å². The van der Waals surface area contributed by atoms with Crippen LogP contribution >= 0.6 is 0 Å². The van der Waals surface area contributed by atoms with Crippen LogP contribution in [0.4, 0.5) is 0 Å². The molecule has 2 aliphatic heterocycles. The normalized spacial score (nSPS) is 17.5. The Labute approximate surface area is 175 Å². The van der Waals surface area contributed by atoms with Crippen LogP contribution in [0.5, 0.6) is 0 Å². The molecule has 0 spiro atoms. The summed E-state index contributed by atoms with van der Waals surface area (Å²) in [6.45, 7) is 0. The summed E-state index contributed by atoms with van der Waals surface area (Å²) in [7, 11) is -7.36. The van der Waals surface area contributed by atoms with E-state index in [1.165, 1.54) is 0 Å². The average molecular weight is 301 g/mol. The summed E-state index contributed by atoms with van der Waals surface area (Å²) in [5.41, 5.74) is 0. The molecule has 10 nitrogen and oxygen atoms in total. The van der Waals surface area contributed by atoms with E-state index in [-0.39, 0.29) is 93.4 Å². The molecule has 2 aliphatic rings.